The smallest absolute Gasteiger partial charge is 0.133 e. The van der Waals surface area contributed by atoms with Gasteiger partial charge in [-0.25, -0.2) is 0 Å². The summed E-state index contributed by atoms with van der Waals surface area (Å²) < 4.78 is 6.27. The van der Waals surface area contributed by atoms with Crippen molar-refractivity contribution in [3.63, 3.8) is 0 Å². The van der Waals surface area contributed by atoms with E-state index in [1.807, 2.05) is 13.1 Å². The Kier molecular flexibility index (Phi) is 5.47. The molecule has 96 valence electrons. The second-order valence-electron chi connectivity index (χ2n) is 5.16. The molecule has 1 rings (SSSR count). The highest BCUT2D eigenvalue weighted by molar-refractivity contribution is 9.10. The number of halogens is 1. The largest absolute Gasteiger partial charge is 0.496 e. The summed E-state index contributed by atoms with van der Waals surface area (Å²) in [4.78, 5) is 0. The molecule has 0 heterocycles. The van der Waals surface area contributed by atoms with Crippen molar-refractivity contribution in [2.24, 2.45) is 5.41 Å². The van der Waals surface area contributed by atoms with Crippen LogP contribution in [-0.4, -0.2) is 20.7 Å². The van der Waals surface area contributed by atoms with Crippen LogP contribution in [0.15, 0.2) is 22.7 Å². The second-order valence-corrected chi connectivity index (χ2v) is 6.02. The number of hydrogen-bond donors (Lipinski definition) is 1. The van der Waals surface area contributed by atoms with E-state index < -0.39 is 0 Å². The van der Waals surface area contributed by atoms with Gasteiger partial charge in [0.2, 0.25) is 0 Å². The molecule has 0 saturated heterocycles. The van der Waals surface area contributed by atoms with Crippen LogP contribution < -0.4 is 10.1 Å². The maximum Gasteiger partial charge on any atom is 0.133 e. The van der Waals surface area contributed by atoms with Gasteiger partial charge >= 0.3 is 0 Å². The van der Waals surface area contributed by atoms with Crippen LogP contribution in [0.25, 0.3) is 0 Å². The third-order valence-corrected chi connectivity index (χ3v) is 3.57. The summed E-state index contributed by atoms with van der Waals surface area (Å²) in [6.07, 6.45) is 2.25. The molecule has 0 aliphatic carbocycles. The van der Waals surface area contributed by atoms with Crippen LogP contribution in [0.5, 0.6) is 5.75 Å². The third kappa shape index (κ3) is 4.68. The molecule has 1 aromatic carbocycles. The molecule has 0 aromatic heterocycles. The van der Waals surface area contributed by atoms with E-state index in [2.05, 4.69) is 47.2 Å². The van der Waals surface area contributed by atoms with E-state index in [-0.39, 0.29) is 0 Å². The van der Waals surface area contributed by atoms with Gasteiger partial charge in [0.05, 0.1) is 11.6 Å². The summed E-state index contributed by atoms with van der Waals surface area (Å²) >= 11 is 3.53. The summed E-state index contributed by atoms with van der Waals surface area (Å²) in [5, 5.41) is 3.21. The van der Waals surface area contributed by atoms with Gasteiger partial charge in [-0.1, -0.05) is 19.9 Å². The van der Waals surface area contributed by atoms with E-state index >= 15 is 0 Å². The fraction of sp³-hybridized carbons (Fsp3) is 0.571. The van der Waals surface area contributed by atoms with Crippen molar-refractivity contribution in [3.8, 4) is 5.75 Å². The minimum Gasteiger partial charge on any atom is -0.496 e. The van der Waals surface area contributed by atoms with Crippen molar-refractivity contribution in [2.75, 3.05) is 20.7 Å². The number of benzene rings is 1. The molecule has 0 aliphatic heterocycles. The fourth-order valence-electron chi connectivity index (χ4n) is 1.92. The highest BCUT2D eigenvalue weighted by atomic mass is 79.9. The molecule has 0 unspecified atom stereocenters. The number of nitrogens with one attached hydrogen (secondary N) is 1. The van der Waals surface area contributed by atoms with Gasteiger partial charge in [-0.15, -0.1) is 0 Å². The Morgan fingerprint density at radius 1 is 1.35 bits per heavy atom. The average molecular weight is 300 g/mol. The fourth-order valence-corrected chi connectivity index (χ4v) is 2.51. The second kappa shape index (κ2) is 6.41. The molecule has 2 nitrogen and oxygen atoms in total. The lowest BCUT2D eigenvalue weighted by Crippen LogP contribution is -2.21. The number of rotatable bonds is 6. The first-order valence-electron chi connectivity index (χ1n) is 5.95. The average Bonchev–Trinajstić information content (AvgIpc) is 2.26. The lowest BCUT2D eigenvalue weighted by atomic mass is 9.82. The predicted octanol–water partition coefficient (Wildman–Crippen LogP) is 3.64. The van der Waals surface area contributed by atoms with E-state index in [0.717, 1.165) is 23.2 Å². The summed E-state index contributed by atoms with van der Waals surface area (Å²) in [5.74, 6) is 0.891. The van der Waals surface area contributed by atoms with Crippen LogP contribution in [0.2, 0.25) is 0 Å². The highest BCUT2D eigenvalue weighted by Gasteiger charge is 2.18. The first-order chi connectivity index (χ1) is 7.98. The van der Waals surface area contributed by atoms with Crippen LogP contribution in [-0.2, 0) is 6.42 Å². The molecule has 0 aliphatic rings. The van der Waals surface area contributed by atoms with Crippen LogP contribution in [0, 0.1) is 5.41 Å². The molecule has 0 amide bonds. The van der Waals surface area contributed by atoms with Gasteiger partial charge in [0.25, 0.3) is 0 Å². The molecule has 0 fully saturated rings. The summed E-state index contributed by atoms with van der Waals surface area (Å²) in [6.45, 7) is 5.68. The van der Waals surface area contributed by atoms with E-state index in [1.165, 1.54) is 12.0 Å². The molecule has 3 heteroatoms. The monoisotopic (exact) mass is 299 g/mol. The van der Waals surface area contributed by atoms with Crippen molar-refractivity contribution in [1.29, 1.82) is 0 Å². The molecule has 1 aromatic rings. The van der Waals surface area contributed by atoms with E-state index in [9.17, 15) is 0 Å². The van der Waals surface area contributed by atoms with Gasteiger partial charge in [-0.3, -0.25) is 0 Å². The summed E-state index contributed by atoms with van der Waals surface area (Å²) in [7, 11) is 3.69. The summed E-state index contributed by atoms with van der Waals surface area (Å²) in [6, 6.07) is 6.32. The number of ether oxygens (including phenoxy) is 1. The zero-order chi connectivity index (χ0) is 12.9. The van der Waals surface area contributed by atoms with Crippen molar-refractivity contribution in [2.45, 2.75) is 26.7 Å². The van der Waals surface area contributed by atoms with Crippen LogP contribution >= 0.6 is 15.9 Å². The van der Waals surface area contributed by atoms with Crippen molar-refractivity contribution in [3.05, 3.63) is 28.2 Å². The number of methoxy groups -OCH3 is 1. The van der Waals surface area contributed by atoms with Gasteiger partial charge in [0.15, 0.2) is 0 Å². The standard InChI is InChI=1S/C14H22BrNO/c1-14(2,7-8-16-3)10-11-5-6-13(17-4)12(15)9-11/h5-6,9,16H,7-8,10H2,1-4H3. The first kappa shape index (κ1) is 14.5. The Balaban J connectivity index is 2.71. The quantitative estimate of drug-likeness (QED) is 0.866. The Hall–Kier alpha value is -0.540. The highest BCUT2D eigenvalue weighted by Crippen LogP contribution is 2.30. The number of hydrogen-bond acceptors (Lipinski definition) is 2. The molecular formula is C14H22BrNO. The normalized spacial score (nSPS) is 11.6. The predicted molar refractivity (Wildman–Crippen MR) is 76.7 cm³/mol. The molecule has 0 bridgehead atoms. The van der Waals surface area contributed by atoms with Gasteiger partial charge < -0.3 is 10.1 Å². The lowest BCUT2D eigenvalue weighted by Gasteiger charge is -2.24. The Bertz CT molecular complexity index is 363. The van der Waals surface area contributed by atoms with Crippen LogP contribution in [0.1, 0.15) is 25.8 Å². The topological polar surface area (TPSA) is 21.3 Å². The van der Waals surface area contributed by atoms with Crippen molar-refractivity contribution >= 4 is 15.9 Å². The molecule has 0 saturated carbocycles. The van der Waals surface area contributed by atoms with Gasteiger partial charge in [-0.2, -0.15) is 0 Å². The Labute approximate surface area is 113 Å². The van der Waals surface area contributed by atoms with Gasteiger partial charge in [0.1, 0.15) is 5.75 Å². The molecule has 0 atom stereocenters. The van der Waals surface area contributed by atoms with Crippen molar-refractivity contribution in [1.82, 2.24) is 5.32 Å². The van der Waals surface area contributed by atoms with Gasteiger partial charge in [0, 0.05) is 0 Å². The van der Waals surface area contributed by atoms with E-state index in [4.69, 9.17) is 4.74 Å². The lowest BCUT2D eigenvalue weighted by molar-refractivity contribution is 0.329. The Morgan fingerprint density at radius 3 is 2.59 bits per heavy atom. The molecule has 0 spiro atoms. The maximum absolute atomic E-state index is 5.24. The van der Waals surface area contributed by atoms with Crippen LogP contribution in [0.4, 0.5) is 0 Å². The zero-order valence-electron chi connectivity index (χ0n) is 11.1. The van der Waals surface area contributed by atoms with E-state index in [0.29, 0.717) is 5.41 Å². The molecular weight excluding hydrogens is 278 g/mol. The molecule has 17 heavy (non-hydrogen) atoms. The van der Waals surface area contributed by atoms with Gasteiger partial charge in [-0.05, 0) is 65.5 Å². The maximum atomic E-state index is 5.24. The zero-order valence-corrected chi connectivity index (χ0v) is 12.7. The minimum absolute atomic E-state index is 0.317. The van der Waals surface area contributed by atoms with E-state index in [1.54, 1.807) is 7.11 Å². The van der Waals surface area contributed by atoms with Crippen LogP contribution in [0.3, 0.4) is 0 Å². The van der Waals surface area contributed by atoms with Crippen molar-refractivity contribution < 1.29 is 4.74 Å². The Morgan fingerprint density at radius 2 is 2.06 bits per heavy atom. The summed E-state index contributed by atoms with van der Waals surface area (Å²) in [5.41, 5.74) is 1.66. The third-order valence-electron chi connectivity index (χ3n) is 2.95. The molecule has 1 N–H and O–H groups in total. The first-order valence-corrected chi connectivity index (χ1v) is 6.75. The SMILES string of the molecule is CNCCC(C)(C)Cc1ccc(OC)c(Br)c1. The molecule has 0 radical (unpaired) electrons. The minimum atomic E-state index is 0.317.